The van der Waals surface area contributed by atoms with E-state index in [1.165, 1.54) is 7.11 Å². The molecule has 6 nitrogen and oxygen atoms in total. The van der Waals surface area contributed by atoms with E-state index in [-0.39, 0.29) is 6.54 Å². The average Bonchev–Trinajstić information content (AvgIpc) is 2.76. The van der Waals surface area contributed by atoms with Crippen molar-refractivity contribution in [3.05, 3.63) is 95.6 Å². The number of carbonyl (C=O) groups excluding carboxylic acids is 1. The van der Waals surface area contributed by atoms with Crippen molar-refractivity contribution in [3.8, 4) is 5.75 Å². The van der Waals surface area contributed by atoms with Gasteiger partial charge in [-0.25, -0.2) is 8.42 Å². The van der Waals surface area contributed by atoms with Crippen LogP contribution in [0.25, 0.3) is 0 Å². The maximum absolute atomic E-state index is 13.0. The Balaban J connectivity index is 1.91. The Labute approximate surface area is 183 Å². The monoisotopic (exact) mass is 438 g/mol. The van der Waals surface area contributed by atoms with E-state index in [9.17, 15) is 13.2 Å². The van der Waals surface area contributed by atoms with Gasteiger partial charge < -0.3 is 10.1 Å². The zero-order chi connectivity index (χ0) is 22.4. The van der Waals surface area contributed by atoms with Crippen LogP contribution in [0.4, 0.5) is 5.69 Å². The molecule has 0 saturated carbocycles. The molecule has 0 spiro atoms. The number of rotatable bonds is 8. The Morgan fingerprint density at radius 1 is 0.935 bits per heavy atom. The van der Waals surface area contributed by atoms with E-state index in [2.05, 4.69) is 5.32 Å². The summed E-state index contributed by atoms with van der Waals surface area (Å²) in [5.41, 5.74) is 3.24. The maximum Gasteiger partial charge on any atom is 0.241 e. The molecular formula is C24H26N2O4S. The van der Waals surface area contributed by atoms with Crippen LogP contribution in [0.5, 0.6) is 5.75 Å². The predicted octanol–water partition coefficient (Wildman–Crippen LogP) is 3.68. The second-order valence-electron chi connectivity index (χ2n) is 7.26. The molecule has 3 aromatic rings. The van der Waals surface area contributed by atoms with Gasteiger partial charge >= 0.3 is 0 Å². The molecule has 0 aromatic heterocycles. The van der Waals surface area contributed by atoms with Gasteiger partial charge in [0.25, 0.3) is 0 Å². The van der Waals surface area contributed by atoms with Crippen molar-refractivity contribution >= 4 is 21.6 Å². The fraction of sp³-hybridized carbons (Fsp3) is 0.208. The van der Waals surface area contributed by atoms with E-state index < -0.39 is 22.0 Å². The van der Waals surface area contributed by atoms with Crippen molar-refractivity contribution < 1.29 is 17.9 Å². The number of hydrogen-bond donors (Lipinski definition) is 1. The predicted molar refractivity (Wildman–Crippen MR) is 123 cm³/mol. The molecule has 1 N–H and O–H groups in total. The van der Waals surface area contributed by atoms with Gasteiger partial charge in [-0.3, -0.25) is 9.10 Å². The first-order valence-corrected chi connectivity index (χ1v) is 11.7. The van der Waals surface area contributed by atoms with Crippen molar-refractivity contribution in [1.29, 1.82) is 0 Å². The number of nitrogens with one attached hydrogen (secondary N) is 1. The van der Waals surface area contributed by atoms with Crippen LogP contribution in [-0.2, 0) is 14.8 Å². The van der Waals surface area contributed by atoms with Crippen LogP contribution in [-0.4, -0.2) is 34.2 Å². The first-order valence-electron chi connectivity index (χ1n) is 9.81. The van der Waals surface area contributed by atoms with Crippen LogP contribution in [0.15, 0.2) is 78.9 Å². The highest BCUT2D eigenvalue weighted by Crippen LogP contribution is 2.29. The molecule has 3 aromatic carbocycles. The second-order valence-corrected chi connectivity index (χ2v) is 9.17. The number of amides is 1. The minimum absolute atomic E-state index is 0.314. The fourth-order valence-electron chi connectivity index (χ4n) is 3.32. The van der Waals surface area contributed by atoms with Crippen molar-refractivity contribution in [3.63, 3.8) is 0 Å². The summed E-state index contributed by atoms with van der Waals surface area (Å²) in [7, 11) is -2.26. The number of methoxy groups -OCH3 is 1. The number of nitrogens with zero attached hydrogens (tertiary/aromatic N) is 1. The number of ether oxygens (including phenoxy) is 1. The molecule has 0 fully saturated rings. The van der Waals surface area contributed by atoms with Crippen LogP contribution in [0, 0.1) is 6.92 Å². The third-order valence-electron chi connectivity index (χ3n) is 4.89. The minimum Gasteiger partial charge on any atom is -0.495 e. The molecule has 0 saturated heterocycles. The lowest BCUT2D eigenvalue weighted by Crippen LogP contribution is -2.42. The molecule has 0 bridgehead atoms. The normalized spacial score (nSPS) is 12.1. The molecule has 162 valence electrons. The number of sulfonamides is 1. The highest BCUT2D eigenvalue weighted by molar-refractivity contribution is 7.92. The van der Waals surface area contributed by atoms with Crippen molar-refractivity contribution in [2.24, 2.45) is 0 Å². The molecule has 0 aliphatic carbocycles. The Bertz CT molecular complexity index is 1130. The fourth-order valence-corrected chi connectivity index (χ4v) is 4.18. The first kappa shape index (κ1) is 22.4. The molecule has 7 heteroatoms. The molecule has 1 amide bonds. The van der Waals surface area contributed by atoms with Gasteiger partial charge in [0.1, 0.15) is 12.3 Å². The van der Waals surface area contributed by atoms with Gasteiger partial charge in [-0.1, -0.05) is 72.3 Å². The molecule has 1 atom stereocenters. The van der Waals surface area contributed by atoms with Crippen LogP contribution in [0.2, 0.25) is 0 Å². The lowest BCUT2D eigenvalue weighted by atomic mass is 9.98. The number of hydrogen-bond acceptors (Lipinski definition) is 4. The van der Waals surface area contributed by atoms with Crippen LogP contribution >= 0.6 is 0 Å². The van der Waals surface area contributed by atoms with Crippen LogP contribution < -0.4 is 14.4 Å². The van der Waals surface area contributed by atoms with Gasteiger partial charge in [0.2, 0.25) is 15.9 Å². The largest absolute Gasteiger partial charge is 0.495 e. The molecule has 31 heavy (non-hydrogen) atoms. The standard InChI is InChI=1S/C24H26N2O4S/c1-18-13-15-20(16-14-18)24(19-9-5-4-6-10-19)25-23(27)17-26(31(3,28)29)21-11-7-8-12-22(21)30-2/h4-16,24H,17H2,1-3H3,(H,25,27)/t24-/m0/s1. The molecule has 0 radical (unpaired) electrons. The summed E-state index contributed by atoms with van der Waals surface area (Å²) in [5, 5.41) is 2.99. The Morgan fingerprint density at radius 3 is 2.13 bits per heavy atom. The van der Waals surface area contributed by atoms with Crippen molar-refractivity contribution in [1.82, 2.24) is 5.32 Å². The average molecular weight is 439 g/mol. The van der Waals surface area contributed by atoms with E-state index >= 15 is 0 Å². The summed E-state index contributed by atoms with van der Waals surface area (Å²) in [6.07, 6.45) is 1.07. The summed E-state index contributed by atoms with van der Waals surface area (Å²) >= 11 is 0. The summed E-state index contributed by atoms with van der Waals surface area (Å²) in [6.45, 7) is 1.63. The summed E-state index contributed by atoms with van der Waals surface area (Å²) in [6, 6.07) is 23.8. The van der Waals surface area contributed by atoms with E-state index in [0.717, 1.165) is 27.3 Å². The molecule has 0 aliphatic rings. The molecule has 0 heterocycles. The Kier molecular flexibility index (Phi) is 6.97. The second kappa shape index (κ2) is 9.66. The van der Waals surface area contributed by atoms with Crippen LogP contribution in [0.1, 0.15) is 22.7 Å². The zero-order valence-electron chi connectivity index (χ0n) is 17.8. The number of benzene rings is 3. The van der Waals surface area contributed by atoms with Crippen LogP contribution in [0.3, 0.4) is 0 Å². The summed E-state index contributed by atoms with van der Waals surface area (Å²) < 4.78 is 31.3. The van der Waals surface area contributed by atoms with Gasteiger partial charge in [0.05, 0.1) is 25.1 Å². The SMILES string of the molecule is COc1ccccc1N(CC(=O)N[C@@H](c1ccccc1)c1ccc(C)cc1)S(C)(=O)=O. The molecular weight excluding hydrogens is 412 g/mol. The minimum atomic E-state index is -3.72. The summed E-state index contributed by atoms with van der Waals surface area (Å²) in [5.74, 6) is -0.0513. The Morgan fingerprint density at radius 2 is 1.52 bits per heavy atom. The van der Waals surface area contributed by atoms with Gasteiger partial charge in [0.15, 0.2) is 0 Å². The highest BCUT2D eigenvalue weighted by Gasteiger charge is 2.25. The van der Waals surface area contributed by atoms with Crippen molar-refractivity contribution in [2.45, 2.75) is 13.0 Å². The van der Waals surface area contributed by atoms with Gasteiger partial charge in [-0.05, 0) is 30.2 Å². The van der Waals surface area contributed by atoms with Gasteiger partial charge in [-0.15, -0.1) is 0 Å². The number of anilines is 1. The van der Waals surface area contributed by atoms with E-state index in [1.54, 1.807) is 24.3 Å². The van der Waals surface area contributed by atoms with Crippen molar-refractivity contribution in [2.75, 3.05) is 24.2 Å². The lowest BCUT2D eigenvalue weighted by molar-refractivity contribution is -0.120. The third kappa shape index (κ3) is 5.64. The Hall–Kier alpha value is -3.32. The van der Waals surface area contributed by atoms with Gasteiger partial charge in [-0.2, -0.15) is 0 Å². The lowest BCUT2D eigenvalue weighted by Gasteiger charge is -2.26. The summed E-state index contributed by atoms with van der Waals surface area (Å²) in [4.78, 5) is 13.0. The van der Waals surface area contributed by atoms with Gasteiger partial charge in [0, 0.05) is 0 Å². The topological polar surface area (TPSA) is 75.7 Å². The molecule has 3 rings (SSSR count). The molecule has 0 aliphatic heterocycles. The smallest absolute Gasteiger partial charge is 0.241 e. The number of aryl methyl sites for hydroxylation is 1. The zero-order valence-corrected chi connectivity index (χ0v) is 18.6. The van der Waals surface area contributed by atoms with E-state index in [0.29, 0.717) is 11.4 Å². The van der Waals surface area contributed by atoms with E-state index in [4.69, 9.17) is 4.74 Å². The number of carbonyl (C=O) groups is 1. The number of para-hydroxylation sites is 2. The van der Waals surface area contributed by atoms with E-state index in [1.807, 2.05) is 61.5 Å². The first-order chi connectivity index (χ1) is 14.8. The quantitative estimate of drug-likeness (QED) is 0.582. The highest BCUT2D eigenvalue weighted by atomic mass is 32.2. The maximum atomic E-state index is 13.0. The third-order valence-corrected chi connectivity index (χ3v) is 6.02. The molecule has 0 unspecified atom stereocenters.